The van der Waals surface area contributed by atoms with Crippen molar-refractivity contribution in [1.29, 1.82) is 0 Å². The van der Waals surface area contributed by atoms with Crippen LogP contribution in [-0.2, 0) is 9.84 Å². The molecule has 17 heavy (non-hydrogen) atoms. The summed E-state index contributed by atoms with van der Waals surface area (Å²) in [5, 5.41) is 3.23. The average Bonchev–Trinajstić information content (AvgIpc) is 2.54. The molecule has 1 aromatic rings. The Bertz CT molecular complexity index is 538. The zero-order valence-electron chi connectivity index (χ0n) is 10.2. The van der Waals surface area contributed by atoms with Crippen molar-refractivity contribution >= 4 is 21.2 Å². The smallest absolute Gasteiger partial charge is 0.152 e. The maximum absolute atomic E-state index is 11.4. The van der Waals surface area contributed by atoms with Gasteiger partial charge in [-0.25, -0.2) is 8.42 Å². The van der Waals surface area contributed by atoms with Crippen LogP contribution in [0.25, 0.3) is 0 Å². The lowest BCUT2D eigenvalue weighted by Gasteiger charge is -2.16. The Morgan fingerprint density at radius 1 is 1.29 bits per heavy atom. The van der Waals surface area contributed by atoms with Gasteiger partial charge in [-0.3, -0.25) is 0 Å². The number of aryl methyl sites for hydroxylation is 2. The minimum Gasteiger partial charge on any atom is -0.397 e. The molecule has 1 saturated heterocycles. The molecule has 1 atom stereocenters. The number of nitrogens with one attached hydrogen (secondary N) is 1. The van der Waals surface area contributed by atoms with Crippen molar-refractivity contribution in [3.63, 3.8) is 0 Å². The summed E-state index contributed by atoms with van der Waals surface area (Å²) < 4.78 is 22.7. The van der Waals surface area contributed by atoms with Crippen LogP contribution >= 0.6 is 0 Å². The van der Waals surface area contributed by atoms with Crippen LogP contribution in [0.3, 0.4) is 0 Å². The van der Waals surface area contributed by atoms with Crippen LogP contribution in [0.2, 0.25) is 0 Å². The molecule has 0 radical (unpaired) electrons. The summed E-state index contributed by atoms with van der Waals surface area (Å²) in [6.07, 6.45) is 0.661. The molecule has 0 amide bonds. The maximum Gasteiger partial charge on any atom is 0.152 e. The summed E-state index contributed by atoms with van der Waals surface area (Å²) in [5.74, 6) is 0.481. The summed E-state index contributed by atoms with van der Waals surface area (Å²) in [7, 11) is -2.85. The topological polar surface area (TPSA) is 72.2 Å². The van der Waals surface area contributed by atoms with Gasteiger partial charge in [-0.05, 0) is 43.5 Å². The minimum absolute atomic E-state index is 0.00981. The number of nitrogen functional groups attached to an aromatic ring is 1. The quantitative estimate of drug-likeness (QED) is 0.784. The van der Waals surface area contributed by atoms with Crippen LogP contribution in [0.4, 0.5) is 11.4 Å². The fourth-order valence-electron chi connectivity index (χ4n) is 2.09. The Morgan fingerprint density at radius 2 is 1.94 bits per heavy atom. The summed E-state index contributed by atoms with van der Waals surface area (Å²) in [4.78, 5) is 0. The fourth-order valence-corrected chi connectivity index (χ4v) is 3.77. The Labute approximate surface area is 102 Å². The Morgan fingerprint density at radius 3 is 2.53 bits per heavy atom. The zero-order chi connectivity index (χ0) is 12.6. The third-order valence-corrected chi connectivity index (χ3v) is 5.03. The van der Waals surface area contributed by atoms with E-state index >= 15 is 0 Å². The monoisotopic (exact) mass is 254 g/mol. The van der Waals surface area contributed by atoms with Gasteiger partial charge >= 0.3 is 0 Å². The van der Waals surface area contributed by atoms with E-state index in [1.54, 1.807) is 0 Å². The van der Waals surface area contributed by atoms with E-state index in [2.05, 4.69) is 5.32 Å². The van der Waals surface area contributed by atoms with Crippen molar-refractivity contribution in [2.24, 2.45) is 0 Å². The first-order valence-electron chi connectivity index (χ1n) is 5.71. The van der Waals surface area contributed by atoms with Crippen LogP contribution in [0.15, 0.2) is 12.1 Å². The number of benzene rings is 1. The van der Waals surface area contributed by atoms with Crippen molar-refractivity contribution in [3.05, 3.63) is 23.3 Å². The highest BCUT2D eigenvalue weighted by molar-refractivity contribution is 7.91. The number of anilines is 2. The van der Waals surface area contributed by atoms with Gasteiger partial charge in [0.2, 0.25) is 0 Å². The van der Waals surface area contributed by atoms with Gasteiger partial charge in [-0.15, -0.1) is 0 Å². The summed E-state index contributed by atoms with van der Waals surface area (Å²) in [6, 6.07) is 3.89. The first-order valence-corrected chi connectivity index (χ1v) is 7.53. The van der Waals surface area contributed by atoms with E-state index in [1.165, 1.54) is 0 Å². The number of hydrogen-bond acceptors (Lipinski definition) is 4. The molecule has 1 aromatic carbocycles. The number of rotatable bonds is 2. The lowest BCUT2D eigenvalue weighted by Crippen LogP contribution is -2.21. The molecule has 5 heteroatoms. The largest absolute Gasteiger partial charge is 0.397 e. The molecular formula is C12H18N2O2S. The molecule has 0 aromatic heterocycles. The zero-order valence-corrected chi connectivity index (χ0v) is 11.0. The second kappa shape index (κ2) is 4.22. The molecular weight excluding hydrogens is 236 g/mol. The van der Waals surface area contributed by atoms with E-state index in [0.29, 0.717) is 12.1 Å². The lowest BCUT2D eigenvalue weighted by molar-refractivity contribution is 0.602. The van der Waals surface area contributed by atoms with Crippen molar-refractivity contribution in [2.75, 3.05) is 22.6 Å². The van der Waals surface area contributed by atoms with Gasteiger partial charge in [-0.2, -0.15) is 0 Å². The van der Waals surface area contributed by atoms with Crippen LogP contribution in [-0.4, -0.2) is 26.0 Å². The molecule has 3 N–H and O–H groups in total. The second-order valence-corrected chi connectivity index (χ2v) is 7.00. The predicted molar refractivity (Wildman–Crippen MR) is 71.0 cm³/mol. The van der Waals surface area contributed by atoms with Crippen LogP contribution in [0.5, 0.6) is 0 Å². The summed E-state index contributed by atoms with van der Waals surface area (Å²) in [5.41, 5.74) is 9.75. The van der Waals surface area contributed by atoms with Gasteiger partial charge < -0.3 is 11.1 Å². The van der Waals surface area contributed by atoms with Crippen molar-refractivity contribution in [2.45, 2.75) is 26.3 Å². The fraction of sp³-hybridized carbons (Fsp3) is 0.500. The highest BCUT2D eigenvalue weighted by atomic mass is 32.2. The third-order valence-electron chi connectivity index (χ3n) is 3.26. The molecule has 1 heterocycles. The van der Waals surface area contributed by atoms with Gasteiger partial charge in [0.15, 0.2) is 9.84 Å². The molecule has 0 saturated carbocycles. The predicted octanol–water partition coefficient (Wildman–Crippen LogP) is 1.48. The molecule has 1 aliphatic rings. The molecule has 4 nitrogen and oxygen atoms in total. The van der Waals surface area contributed by atoms with Gasteiger partial charge in [0, 0.05) is 6.04 Å². The first kappa shape index (κ1) is 12.2. The minimum atomic E-state index is -2.85. The number of hydrogen-bond donors (Lipinski definition) is 2. The first-order chi connectivity index (χ1) is 7.87. The number of sulfone groups is 1. The van der Waals surface area contributed by atoms with Crippen molar-refractivity contribution < 1.29 is 8.42 Å². The van der Waals surface area contributed by atoms with E-state index in [-0.39, 0.29) is 17.5 Å². The number of nitrogens with two attached hydrogens (primary N) is 1. The van der Waals surface area contributed by atoms with E-state index < -0.39 is 9.84 Å². The highest BCUT2D eigenvalue weighted by Gasteiger charge is 2.27. The van der Waals surface area contributed by atoms with Crippen LogP contribution in [0.1, 0.15) is 17.5 Å². The summed E-state index contributed by atoms with van der Waals surface area (Å²) in [6.45, 7) is 4.03. The van der Waals surface area contributed by atoms with Gasteiger partial charge in [0.25, 0.3) is 0 Å². The molecule has 94 valence electrons. The summed E-state index contributed by atoms with van der Waals surface area (Å²) >= 11 is 0. The van der Waals surface area contributed by atoms with Crippen LogP contribution < -0.4 is 11.1 Å². The van der Waals surface area contributed by atoms with Gasteiger partial charge in [0.1, 0.15) is 0 Å². The standard InChI is InChI=1S/C12H18N2O2S/c1-8-5-11(13)12(6-9(8)2)14-10-3-4-17(15,16)7-10/h5-6,10,14H,3-4,7,13H2,1-2H3. The molecule has 1 unspecified atom stereocenters. The third kappa shape index (κ3) is 2.72. The van der Waals surface area contributed by atoms with Gasteiger partial charge in [-0.1, -0.05) is 0 Å². The van der Waals surface area contributed by atoms with E-state index in [0.717, 1.165) is 16.8 Å². The Hall–Kier alpha value is -1.23. The van der Waals surface area contributed by atoms with E-state index in [1.807, 2.05) is 26.0 Å². The maximum atomic E-state index is 11.4. The van der Waals surface area contributed by atoms with Crippen molar-refractivity contribution in [1.82, 2.24) is 0 Å². The van der Waals surface area contributed by atoms with E-state index in [4.69, 9.17) is 5.73 Å². The van der Waals surface area contributed by atoms with Crippen LogP contribution in [0, 0.1) is 13.8 Å². The molecule has 2 rings (SSSR count). The Balaban J connectivity index is 2.17. The highest BCUT2D eigenvalue weighted by Crippen LogP contribution is 2.25. The van der Waals surface area contributed by atoms with E-state index in [9.17, 15) is 8.42 Å². The molecule has 0 aliphatic carbocycles. The average molecular weight is 254 g/mol. The van der Waals surface area contributed by atoms with Gasteiger partial charge in [0.05, 0.1) is 22.9 Å². The second-order valence-electron chi connectivity index (χ2n) is 4.77. The molecule has 1 aliphatic heterocycles. The molecule has 0 bridgehead atoms. The molecule has 0 spiro atoms. The normalized spacial score (nSPS) is 22.6. The molecule has 1 fully saturated rings. The van der Waals surface area contributed by atoms with Crippen molar-refractivity contribution in [3.8, 4) is 0 Å². The lowest BCUT2D eigenvalue weighted by atomic mass is 10.1. The Kier molecular flexibility index (Phi) is 3.03. The SMILES string of the molecule is Cc1cc(N)c(NC2CCS(=O)(=O)C2)cc1C.